The number of para-hydroxylation sites is 1. The van der Waals surface area contributed by atoms with E-state index >= 15 is 0 Å². The Morgan fingerprint density at radius 1 is 1.07 bits per heavy atom. The van der Waals surface area contributed by atoms with E-state index in [1.165, 1.54) is 4.90 Å². The van der Waals surface area contributed by atoms with Crippen molar-refractivity contribution in [2.45, 2.75) is 19.3 Å². The summed E-state index contributed by atoms with van der Waals surface area (Å²) in [5.41, 5.74) is 0.591. The average molecular weight is 408 g/mol. The molecule has 0 aliphatic carbocycles. The topological polar surface area (TPSA) is 91.2 Å². The Labute approximate surface area is 168 Å². The van der Waals surface area contributed by atoms with Gasteiger partial charge in [0.05, 0.1) is 36.9 Å². The Bertz CT molecular complexity index is 761. The van der Waals surface area contributed by atoms with Gasteiger partial charge in [0.15, 0.2) is 6.54 Å². The van der Waals surface area contributed by atoms with Crippen molar-refractivity contribution >= 4 is 40.9 Å². The number of nitrogens with zero attached hydrogens (tertiary/aromatic N) is 2. The van der Waals surface area contributed by atoms with Crippen LogP contribution in [-0.4, -0.2) is 72.7 Å². The molecule has 2 N–H and O–H groups in total. The maximum absolute atomic E-state index is 12.3. The van der Waals surface area contributed by atoms with E-state index in [1.807, 2.05) is 6.07 Å². The molecule has 3 rings (SSSR count). The van der Waals surface area contributed by atoms with Crippen molar-refractivity contribution < 1.29 is 24.1 Å². The predicted octanol–water partition coefficient (Wildman–Crippen LogP) is -0.455. The predicted molar refractivity (Wildman–Crippen MR) is 103 cm³/mol. The molecule has 2 aliphatic rings. The smallest absolute Gasteiger partial charge is 0.279 e. The van der Waals surface area contributed by atoms with Crippen molar-refractivity contribution in [2.24, 2.45) is 0 Å². The maximum Gasteiger partial charge on any atom is 0.279 e. The Balaban J connectivity index is 1.39. The van der Waals surface area contributed by atoms with Crippen LogP contribution in [0, 0.1) is 0 Å². The molecular weight excluding hydrogens is 384 g/mol. The van der Waals surface area contributed by atoms with Crippen molar-refractivity contribution in [3.05, 3.63) is 29.3 Å². The van der Waals surface area contributed by atoms with E-state index in [0.29, 0.717) is 43.4 Å². The second-order valence-electron chi connectivity index (χ2n) is 7.02. The van der Waals surface area contributed by atoms with Crippen molar-refractivity contribution in [1.82, 2.24) is 9.80 Å². The number of carbonyl (C=O) groups excluding carboxylic acids is 4. The second kappa shape index (κ2) is 9.16. The number of halogens is 1. The number of hydrogen-bond acceptors (Lipinski definition) is 4. The zero-order valence-corrected chi connectivity index (χ0v) is 16.3. The highest BCUT2D eigenvalue weighted by Crippen LogP contribution is 2.19. The Morgan fingerprint density at radius 2 is 1.71 bits per heavy atom. The summed E-state index contributed by atoms with van der Waals surface area (Å²) in [4.78, 5) is 51.8. The minimum Gasteiger partial charge on any atom is -0.331 e. The van der Waals surface area contributed by atoms with Gasteiger partial charge in [-0.1, -0.05) is 23.7 Å². The first-order valence-electron chi connectivity index (χ1n) is 9.43. The van der Waals surface area contributed by atoms with Crippen LogP contribution in [0.5, 0.6) is 0 Å². The maximum atomic E-state index is 12.3. The first kappa shape index (κ1) is 20.3. The fourth-order valence-electron chi connectivity index (χ4n) is 3.47. The van der Waals surface area contributed by atoms with Crippen molar-refractivity contribution in [3.8, 4) is 0 Å². The van der Waals surface area contributed by atoms with E-state index in [1.54, 1.807) is 23.1 Å². The summed E-state index contributed by atoms with van der Waals surface area (Å²) < 4.78 is 0. The lowest BCUT2D eigenvalue weighted by atomic mass is 10.2. The third kappa shape index (κ3) is 5.08. The first-order chi connectivity index (χ1) is 13.4. The fourth-order valence-corrected chi connectivity index (χ4v) is 3.65. The van der Waals surface area contributed by atoms with Crippen LogP contribution in [0.4, 0.5) is 5.69 Å². The molecule has 4 amide bonds. The number of carbonyl (C=O) groups is 4. The van der Waals surface area contributed by atoms with Crippen LogP contribution in [-0.2, 0) is 19.2 Å². The van der Waals surface area contributed by atoms with Crippen LogP contribution >= 0.6 is 11.6 Å². The van der Waals surface area contributed by atoms with Crippen LogP contribution in [0.1, 0.15) is 19.3 Å². The van der Waals surface area contributed by atoms with Gasteiger partial charge >= 0.3 is 0 Å². The third-order valence-corrected chi connectivity index (χ3v) is 5.42. The van der Waals surface area contributed by atoms with Crippen LogP contribution in [0.2, 0.25) is 5.02 Å². The molecule has 150 valence electrons. The van der Waals surface area contributed by atoms with E-state index in [2.05, 4.69) is 5.32 Å². The molecular formula is C19H24ClN4O4+. The number of piperazine rings is 1. The lowest BCUT2D eigenvalue weighted by Gasteiger charge is -2.32. The molecule has 1 aromatic carbocycles. The number of likely N-dealkylation sites (tertiary alicyclic amines) is 1. The molecule has 0 unspecified atom stereocenters. The normalized spacial score (nSPS) is 17.9. The van der Waals surface area contributed by atoms with Crippen molar-refractivity contribution in [2.75, 3.05) is 44.6 Å². The van der Waals surface area contributed by atoms with E-state index in [-0.39, 0.29) is 49.4 Å². The first-order valence-corrected chi connectivity index (χ1v) is 9.81. The molecule has 28 heavy (non-hydrogen) atoms. The highest BCUT2D eigenvalue weighted by atomic mass is 35.5. The standard InChI is InChI=1S/C19H23ClN4O4/c20-14-3-1-2-4-15(14)21-16(25)13-22-9-11-23(12-10-22)17(26)7-8-24-18(27)5-6-19(24)28/h1-4H,5-13H2,(H,21,25)/p+1. The lowest BCUT2D eigenvalue weighted by Crippen LogP contribution is -3.15. The highest BCUT2D eigenvalue weighted by Gasteiger charge is 2.30. The Kier molecular flexibility index (Phi) is 6.64. The van der Waals surface area contributed by atoms with Crippen LogP contribution in [0.25, 0.3) is 0 Å². The molecule has 0 atom stereocenters. The van der Waals surface area contributed by atoms with Gasteiger partial charge in [-0.3, -0.25) is 24.1 Å². The Hall–Kier alpha value is -2.45. The number of hydrogen-bond donors (Lipinski definition) is 2. The molecule has 0 aromatic heterocycles. The molecule has 1 aromatic rings. The quantitative estimate of drug-likeness (QED) is 0.625. The largest absolute Gasteiger partial charge is 0.331 e. The summed E-state index contributed by atoms with van der Waals surface area (Å²) in [5.74, 6) is -0.575. The van der Waals surface area contributed by atoms with E-state index in [9.17, 15) is 19.2 Å². The van der Waals surface area contributed by atoms with Gasteiger partial charge in [0, 0.05) is 25.8 Å². The summed E-state index contributed by atoms with van der Waals surface area (Å²) >= 11 is 6.05. The van der Waals surface area contributed by atoms with Gasteiger partial charge in [0.25, 0.3) is 5.91 Å². The molecule has 0 radical (unpaired) electrons. The Morgan fingerprint density at radius 3 is 2.36 bits per heavy atom. The number of anilines is 1. The van der Waals surface area contributed by atoms with Gasteiger partial charge in [-0.25, -0.2) is 0 Å². The fraction of sp³-hybridized carbons (Fsp3) is 0.474. The summed E-state index contributed by atoms with van der Waals surface area (Å²) in [6, 6.07) is 7.08. The number of amides is 4. The number of imide groups is 1. The third-order valence-electron chi connectivity index (χ3n) is 5.09. The monoisotopic (exact) mass is 407 g/mol. The molecule has 0 spiro atoms. The lowest BCUT2D eigenvalue weighted by molar-refractivity contribution is -0.895. The summed E-state index contributed by atoms with van der Waals surface area (Å²) in [5, 5.41) is 3.31. The van der Waals surface area contributed by atoms with E-state index in [0.717, 1.165) is 4.90 Å². The van der Waals surface area contributed by atoms with Crippen LogP contribution in [0.3, 0.4) is 0 Å². The molecule has 2 aliphatic heterocycles. The highest BCUT2D eigenvalue weighted by molar-refractivity contribution is 6.33. The summed E-state index contributed by atoms with van der Waals surface area (Å²) in [6.07, 6.45) is 0.635. The average Bonchev–Trinajstić information content (AvgIpc) is 3.00. The molecule has 0 saturated carbocycles. The van der Waals surface area contributed by atoms with Crippen molar-refractivity contribution in [3.63, 3.8) is 0 Å². The minimum absolute atomic E-state index is 0.0629. The number of quaternary nitrogens is 1. The molecule has 8 nitrogen and oxygen atoms in total. The van der Waals surface area contributed by atoms with Crippen LogP contribution in [0.15, 0.2) is 24.3 Å². The molecule has 2 heterocycles. The number of benzene rings is 1. The zero-order chi connectivity index (χ0) is 20.1. The molecule has 2 fully saturated rings. The van der Waals surface area contributed by atoms with Gasteiger partial charge in [0.1, 0.15) is 0 Å². The molecule has 9 heteroatoms. The molecule has 2 saturated heterocycles. The van der Waals surface area contributed by atoms with Gasteiger partial charge in [-0.2, -0.15) is 0 Å². The number of rotatable bonds is 6. The summed E-state index contributed by atoms with van der Waals surface area (Å²) in [7, 11) is 0. The van der Waals surface area contributed by atoms with Gasteiger partial charge in [-0.15, -0.1) is 0 Å². The van der Waals surface area contributed by atoms with Crippen LogP contribution < -0.4 is 10.2 Å². The van der Waals surface area contributed by atoms with Crippen molar-refractivity contribution in [1.29, 1.82) is 0 Å². The zero-order valence-electron chi connectivity index (χ0n) is 15.6. The van der Waals surface area contributed by atoms with Gasteiger partial charge in [-0.05, 0) is 12.1 Å². The number of nitrogens with one attached hydrogen (secondary N) is 2. The van der Waals surface area contributed by atoms with E-state index < -0.39 is 0 Å². The minimum atomic E-state index is -0.198. The van der Waals surface area contributed by atoms with E-state index in [4.69, 9.17) is 11.6 Å². The van der Waals surface area contributed by atoms with Gasteiger partial charge in [0.2, 0.25) is 17.7 Å². The SMILES string of the molecule is O=C(C[NH+]1CCN(C(=O)CCN2C(=O)CCC2=O)CC1)Nc1ccccc1Cl. The van der Waals surface area contributed by atoms with Gasteiger partial charge < -0.3 is 15.1 Å². The molecule has 0 bridgehead atoms. The second-order valence-corrected chi connectivity index (χ2v) is 7.43. The summed E-state index contributed by atoms with van der Waals surface area (Å²) in [6.45, 7) is 2.91.